The summed E-state index contributed by atoms with van der Waals surface area (Å²) in [5, 5.41) is 10.1. The number of aromatic nitrogens is 3. The number of aryl methyl sites for hydroxylation is 2. The molecule has 0 unspecified atom stereocenters. The van der Waals surface area contributed by atoms with Crippen LogP contribution in [0.3, 0.4) is 0 Å². The van der Waals surface area contributed by atoms with E-state index in [-0.39, 0.29) is 5.91 Å². The molecule has 0 aliphatic rings. The number of anilines is 1. The smallest absolute Gasteiger partial charge is 0.265 e. The van der Waals surface area contributed by atoms with E-state index in [9.17, 15) is 4.79 Å². The maximum Gasteiger partial charge on any atom is 0.265 e. The van der Waals surface area contributed by atoms with Crippen molar-refractivity contribution in [3.63, 3.8) is 0 Å². The summed E-state index contributed by atoms with van der Waals surface area (Å²) in [5.74, 6) is -0.0902. The number of nitrogens with zero attached hydrogens (tertiary/aromatic N) is 3. The number of fused-ring (bicyclic) bond motifs is 1. The lowest BCUT2D eigenvalue weighted by Gasteiger charge is -2.02. The van der Waals surface area contributed by atoms with Gasteiger partial charge in [-0.2, -0.15) is 5.10 Å². The summed E-state index contributed by atoms with van der Waals surface area (Å²) in [5.41, 5.74) is 3.69. The molecule has 0 saturated heterocycles. The molecule has 3 aromatic heterocycles. The van der Waals surface area contributed by atoms with Gasteiger partial charge in [-0.05, 0) is 49.6 Å². The molecule has 0 fully saturated rings. The molecule has 1 N–H and O–H groups in total. The number of thiophene rings is 1. The zero-order valence-corrected chi connectivity index (χ0v) is 14.7. The fourth-order valence-corrected chi connectivity index (χ4v) is 4.14. The third-order valence-electron chi connectivity index (χ3n) is 3.57. The van der Waals surface area contributed by atoms with Crippen LogP contribution in [-0.2, 0) is 0 Å². The average molecular weight is 354 g/mol. The molecule has 3 heterocycles. The molecule has 4 aromatic rings. The van der Waals surface area contributed by atoms with Gasteiger partial charge in [0.2, 0.25) is 5.13 Å². The first-order valence-electron chi connectivity index (χ1n) is 7.39. The van der Waals surface area contributed by atoms with Crippen LogP contribution in [0.5, 0.6) is 0 Å². The molecule has 0 aliphatic carbocycles. The second-order valence-electron chi connectivity index (χ2n) is 5.45. The van der Waals surface area contributed by atoms with Gasteiger partial charge >= 0.3 is 0 Å². The summed E-state index contributed by atoms with van der Waals surface area (Å²) in [6.45, 7) is 3.98. The third kappa shape index (κ3) is 2.72. The van der Waals surface area contributed by atoms with Crippen molar-refractivity contribution in [1.82, 2.24) is 14.8 Å². The van der Waals surface area contributed by atoms with E-state index in [4.69, 9.17) is 0 Å². The number of benzene rings is 1. The molecule has 1 aromatic carbocycles. The van der Waals surface area contributed by atoms with Crippen LogP contribution in [0, 0.1) is 13.8 Å². The topological polar surface area (TPSA) is 59.8 Å². The van der Waals surface area contributed by atoms with Crippen LogP contribution in [0.1, 0.15) is 21.1 Å². The van der Waals surface area contributed by atoms with Crippen molar-refractivity contribution in [2.24, 2.45) is 0 Å². The molecule has 1 amide bonds. The van der Waals surface area contributed by atoms with Gasteiger partial charge in [0.1, 0.15) is 0 Å². The minimum absolute atomic E-state index is 0.0902. The molecule has 4 rings (SSSR count). The number of hydrogen-bond donors (Lipinski definition) is 1. The van der Waals surface area contributed by atoms with Crippen molar-refractivity contribution in [3.8, 4) is 5.13 Å². The second kappa shape index (κ2) is 5.85. The number of nitrogens with one attached hydrogen (secondary N) is 1. The predicted octanol–water partition coefficient (Wildman–Crippen LogP) is 4.41. The molecule has 0 aliphatic heterocycles. The summed E-state index contributed by atoms with van der Waals surface area (Å²) in [4.78, 5) is 17.5. The highest BCUT2D eigenvalue weighted by molar-refractivity contribution is 7.20. The number of amides is 1. The molecule has 120 valence electrons. The Balaban J connectivity index is 1.66. The number of rotatable bonds is 3. The van der Waals surface area contributed by atoms with Crippen LogP contribution in [0.15, 0.2) is 41.8 Å². The van der Waals surface area contributed by atoms with Gasteiger partial charge in [0, 0.05) is 11.4 Å². The molecular weight excluding hydrogens is 340 g/mol. The fraction of sp³-hybridized carbons (Fsp3) is 0.118. The van der Waals surface area contributed by atoms with Crippen molar-refractivity contribution >= 4 is 44.5 Å². The Hall–Kier alpha value is -2.51. The van der Waals surface area contributed by atoms with Crippen LogP contribution >= 0.6 is 22.7 Å². The molecule has 0 bridgehead atoms. The van der Waals surface area contributed by atoms with Crippen LogP contribution in [-0.4, -0.2) is 20.7 Å². The Morgan fingerprint density at radius 3 is 2.79 bits per heavy atom. The van der Waals surface area contributed by atoms with E-state index in [1.807, 2.05) is 60.3 Å². The van der Waals surface area contributed by atoms with E-state index >= 15 is 0 Å². The van der Waals surface area contributed by atoms with E-state index in [2.05, 4.69) is 15.4 Å². The van der Waals surface area contributed by atoms with Gasteiger partial charge in [0.15, 0.2) is 0 Å². The Morgan fingerprint density at radius 1 is 1.21 bits per heavy atom. The van der Waals surface area contributed by atoms with Gasteiger partial charge in [-0.1, -0.05) is 17.4 Å². The van der Waals surface area contributed by atoms with Crippen molar-refractivity contribution in [1.29, 1.82) is 0 Å². The first kappa shape index (κ1) is 15.0. The molecule has 5 nitrogen and oxygen atoms in total. The molecule has 0 atom stereocenters. The lowest BCUT2D eigenvalue weighted by Crippen LogP contribution is -2.09. The molecule has 24 heavy (non-hydrogen) atoms. The van der Waals surface area contributed by atoms with Gasteiger partial charge in [-0.15, -0.1) is 11.3 Å². The van der Waals surface area contributed by atoms with Gasteiger partial charge in [-0.25, -0.2) is 9.67 Å². The lowest BCUT2D eigenvalue weighted by atomic mass is 10.3. The molecule has 0 radical (unpaired) electrons. The van der Waals surface area contributed by atoms with E-state index in [0.717, 1.165) is 32.4 Å². The van der Waals surface area contributed by atoms with Gasteiger partial charge < -0.3 is 5.32 Å². The Labute approximate surface area is 146 Å². The Bertz CT molecular complexity index is 1030. The Kier molecular flexibility index (Phi) is 3.66. The lowest BCUT2D eigenvalue weighted by molar-refractivity contribution is 0.103. The summed E-state index contributed by atoms with van der Waals surface area (Å²) < 4.78 is 2.87. The highest BCUT2D eigenvalue weighted by atomic mass is 32.1. The first-order chi connectivity index (χ1) is 11.6. The van der Waals surface area contributed by atoms with E-state index in [1.54, 1.807) is 11.3 Å². The van der Waals surface area contributed by atoms with Gasteiger partial charge in [0.05, 0.1) is 20.8 Å². The minimum Gasteiger partial charge on any atom is -0.321 e. The monoisotopic (exact) mass is 354 g/mol. The maximum absolute atomic E-state index is 12.2. The maximum atomic E-state index is 12.2. The normalized spacial score (nSPS) is 11.1. The summed E-state index contributed by atoms with van der Waals surface area (Å²) in [6, 6.07) is 11.5. The van der Waals surface area contributed by atoms with E-state index in [1.165, 1.54) is 11.3 Å². The number of carbonyl (C=O) groups is 1. The quantitative estimate of drug-likeness (QED) is 0.593. The zero-order valence-electron chi connectivity index (χ0n) is 13.1. The summed E-state index contributed by atoms with van der Waals surface area (Å²) in [7, 11) is 0. The van der Waals surface area contributed by atoms with Crippen LogP contribution in [0.2, 0.25) is 0 Å². The van der Waals surface area contributed by atoms with Crippen molar-refractivity contribution < 1.29 is 4.79 Å². The standard InChI is InChI=1S/C17H14N4OS2/c1-10-8-11(2)21(20-10)17-19-13-6-5-12(9-15(13)24-17)18-16(22)14-4-3-7-23-14/h3-9H,1-2H3,(H,18,22). The number of hydrogen-bond acceptors (Lipinski definition) is 5. The van der Waals surface area contributed by atoms with Crippen LogP contribution in [0.25, 0.3) is 15.3 Å². The fourth-order valence-electron chi connectivity index (χ4n) is 2.50. The second-order valence-corrected chi connectivity index (χ2v) is 7.41. The molecule has 0 saturated carbocycles. The largest absolute Gasteiger partial charge is 0.321 e. The molecular formula is C17H14N4OS2. The van der Waals surface area contributed by atoms with Gasteiger partial charge in [0.25, 0.3) is 5.91 Å². The van der Waals surface area contributed by atoms with Crippen LogP contribution < -0.4 is 5.32 Å². The highest BCUT2D eigenvalue weighted by Crippen LogP contribution is 2.28. The number of thiazole rings is 1. The zero-order chi connectivity index (χ0) is 16.7. The SMILES string of the molecule is Cc1cc(C)n(-c2nc3ccc(NC(=O)c4cccs4)cc3s2)n1. The molecule has 0 spiro atoms. The first-order valence-corrected chi connectivity index (χ1v) is 9.09. The number of carbonyl (C=O) groups excluding carboxylic acids is 1. The van der Waals surface area contributed by atoms with Crippen molar-refractivity contribution in [3.05, 3.63) is 58.0 Å². The van der Waals surface area contributed by atoms with Crippen molar-refractivity contribution in [2.45, 2.75) is 13.8 Å². The predicted molar refractivity (Wildman–Crippen MR) is 98.5 cm³/mol. The summed E-state index contributed by atoms with van der Waals surface area (Å²) in [6.07, 6.45) is 0. The minimum atomic E-state index is -0.0902. The molecule has 7 heteroatoms. The van der Waals surface area contributed by atoms with Crippen molar-refractivity contribution in [2.75, 3.05) is 5.32 Å². The van der Waals surface area contributed by atoms with Gasteiger partial charge in [-0.3, -0.25) is 4.79 Å². The van der Waals surface area contributed by atoms with E-state index < -0.39 is 0 Å². The summed E-state index contributed by atoms with van der Waals surface area (Å²) >= 11 is 2.98. The van der Waals surface area contributed by atoms with E-state index in [0.29, 0.717) is 4.88 Å². The average Bonchev–Trinajstić information content (AvgIpc) is 3.26. The highest BCUT2D eigenvalue weighted by Gasteiger charge is 2.12. The Morgan fingerprint density at radius 2 is 2.08 bits per heavy atom. The third-order valence-corrected chi connectivity index (χ3v) is 5.43. The van der Waals surface area contributed by atoms with Crippen LogP contribution in [0.4, 0.5) is 5.69 Å².